The molecule has 3 heterocycles. The van der Waals surface area contributed by atoms with Crippen LogP contribution in [-0.4, -0.2) is 5.91 Å². The molecule has 24 heavy (non-hydrogen) atoms. The SMILES string of the molecule is Cc1ccc(CNC(=O)c2cc3c(=O)c4ccccc4oc3o2)o1. The van der Waals surface area contributed by atoms with Crippen LogP contribution in [0.1, 0.15) is 22.1 Å². The lowest BCUT2D eigenvalue weighted by molar-refractivity contribution is 0.0920. The van der Waals surface area contributed by atoms with Gasteiger partial charge in [0, 0.05) is 6.07 Å². The second-order valence-corrected chi connectivity index (χ2v) is 5.43. The normalized spacial score (nSPS) is 11.2. The highest BCUT2D eigenvalue weighted by molar-refractivity contribution is 5.97. The molecule has 1 aromatic carbocycles. The third kappa shape index (κ3) is 2.38. The summed E-state index contributed by atoms with van der Waals surface area (Å²) in [5.41, 5.74) is 0.193. The summed E-state index contributed by atoms with van der Waals surface area (Å²) >= 11 is 0. The van der Waals surface area contributed by atoms with Gasteiger partial charge in [-0.05, 0) is 31.2 Å². The summed E-state index contributed by atoms with van der Waals surface area (Å²) in [4.78, 5) is 24.6. The van der Waals surface area contributed by atoms with Crippen LogP contribution in [0.15, 0.2) is 60.5 Å². The molecule has 0 saturated carbocycles. The van der Waals surface area contributed by atoms with E-state index in [-0.39, 0.29) is 28.9 Å². The number of hydrogen-bond acceptors (Lipinski definition) is 5. The summed E-state index contributed by atoms with van der Waals surface area (Å²) in [6, 6.07) is 11.9. The summed E-state index contributed by atoms with van der Waals surface area (Å²) in [6.45, 7) is 2.06. The fourth-order valence-electron chi connectivity index (χ4n) is 2.54. The first-order valence-corrected chi connectivity index (χ1v) is 7.41. The van der Waals surface area contributed by atoms with E-state index in [0.29, 0.717) is 16.7 Å². The minimum Gasteiger partial charge on any atom is -0.465 e. The van der Waals surface area contributed by atoms with E-state index in [0.717, 1.165) is 5.76 Å². The monoisotopic (exact) mass is 323 g/mol. The van der Waals surface area contributed by atoms with E-state index in [2.05, 4.69) is 5.32 Å². The number of carbonyl (C=O) groups is 1. The van der Waals surface area contributed by atoms with Crippen LogP contribution in [-0.2, 0) is 6.54 Å². The van der Waals surface area contributed by atoms with E-state index in [1.807, 2.05) is 13.0 Å². The van der Waals surface area contributed by atoms with E-state index in [1.54, 1.807) is 30.3 Å². The van der Waals surface area contributed by atoms with Crippen LogP contribution in [0.3, 0.4) is 0 Å². The summed E-state index contributed by atoms with van der Waals surface area (Å²) in [5, 5.41) is 3.37. The highest BCUT2D eigenvalue weighted by atomic mass is 16.5. The van der Waals surface area contributed by atoms with Crippen LogP contribution in [0.4, 0.5) is 0 Å². The summed E-state index contributed by atoms with van der Waals surface area (Å²) < 4.78 is 16.3. The first kappa shape index (κ1) is 14.3. The number of rotatable bonds is 3. The van der Waals surface area contributed by atoms with E-state index in [4.69, 9.17) is 13.3 Å². The average Bonchev–Trinajstić information content (AvgIpc) is 3.19. The number of para-hydroxylation sites is 1. The van der Waals surface area contributed by atoms with Gasteiger partial charge in [-0.25, -0.2) is 0 Å². The lowest BCUT2D eigenvalue weighted by Crippen LogP contribution is -2.21. The fraction of sp³-hybridized carbons (Fsp3) is 0.111. The first-order chi connectivity index (χ1) is 11.6. The molecule has 0 bridgehead atoms. The van der Waals surface area contributed by atoms with E-state index < -0.39 is 5.91 Å². The number of benzene rings is 1. The van der Waals surface area contributed by atoms with Gasteiger partial charge in [-0.2, -0.15) is 0 Å². The molecule has 0 aliphatic carbocycles. The van der Waals surface area contributed by atoms with Crippen molar-refractivity contribution in [2.24, 2.45) is 0 Å². The van der Waals surface area contributed by atoms with Gasteiger partial charge >= 0.3 is 5.78 Å². The Bertz CT molecular complexity index is 1120. The van der Waals surface area contributed by atoms with Crippen molar-refractivity contribution in [1.29, 1.82) is 0 Å². The molecule has 0 spiro atoms. The van der Waals surface area contributed by atoms with Gasteiger partial charge in [0.1, 0.15) is 22.5 Å². The standard InChI is InChI=1S/C18H13NO5/c1-10-6-7-11(22-10)9-19-17(21)15-8-13-16(20)12-4-2-3-5-14(12)23-18(13)24-15/h2-8H,9H2,1H3,(H,19,21). The van der Waals surface area contributed by atoms with Crippen LogP contribution in [0.2, 0.25) is 0 Å². The zero-order valence-corrected chi connectivity index (χ0v) is 12.8. The van der Waals surface area contributed by atoms with Crippen molar-refractivity contribution >= 4 is 28.0 Å². The van der Waals surface area contributed by atoms with Gasteiger partial charge < -0.3 is 18.6 Å². The highest BCUT2D eigenvalue weighted by Gasteiger charge is 2.17. The molecule has 0 aliphatic rings. The Labute approximate surface area is 135 Å². The summed E-state index contributed by atoms with van der Waals surface area (Å²) in [7, 11) is 0. The van der Waals surface area contributed by atoms with Gasteiger partial charge in [0.05, 0.1) is 11.9 Å². The molecule has 3 aromatic heterocycles. The molecular formula is C18H13NO5. The predicted octanol–water partition coefficient (Wildman–Crippen LogP) is 3.37. The Hall–Kier alpha value is -3.28. The zero-order valence-electron chi connectivity index (χ0n) is 12.8. The Kier molecular flexibility index (Phi) is 3.23. The van der Waals surface area contributed by atoms with Crippen molar-refractivity contribution in [1.82, 2.24) is 5.32 Å². The number of furan rings is 2. The molecule has 4 aromatic rings. The van der Waals surface area contributed by atoms with Crippen molar-refractivity contribution < 1.29 is 18.0 Å². The molecular weight excluding hydrogens is 310 g/mol. The quantitative estimate of drug-likeness (QED) is 0.625. The Balaban J connectivity index is 1.67. The molecule has 120 valence electrons. The van der Waals surface area contributed by atoms with Gasteiger partial charge in [0.15, 0.2) is 5.76 Å². The molecule has 6 heteroatoms. The van der Waals surface area contributed by atoms with Crippen molar-refractivity contribution in [2.75, 3.05) is 0 Å². The number of hydrogen-bond donors (Lipinski definition) is 1. The molecule has 4 rings (SSSR count). The molecule has 1 N–H and O–H groups in total. The third-order valence-corrected chi connectivity index (χ3v) is 3.72. The molecule has 0 unspecified atom stereocenters. The van der Waals surface area contributed by atoms with Crippen LogP contribution in [0.5, 0.6) is 0 Å². The Morgan fingerprint density at radius 2 is 1.88 bits per heavy atom. The largest absolute Gasteiger partial charge is 0.465 e. The number of fused-ring (bicyclic) bond motifs is 2. The molecule has 0 radical (unpaired) electrons. The highest BCUT2D eigenvalue weighted by Crippen LogP contribution is 2.21. The topological polar surface area (TPSA) is 85.6 Å². The first-order valence-electron chi connectivity index (χ1n) is 7.41. The Morgan fingerprint density at radius 3 is 2.67 bits per heavy atom. The van der Waals surface area contributed by atoms with Gasteiger partial charge in [0.2, 0.25) is 5.43 Å². The number of nitrogens with one attached hydrogen (secondary N) is 1. The van der Waals surface area contributed by atoms with Crippen LogP contribution < -0.4 is 10.7 Å². The minimum atomic E-state index is -0.445. The maximum absolute atomic E-state index is 12.4. The molecule has 6 nitrogen and oxygen atoms in total. The zero-order chi connectivity index (χ0) is 16.7. The van der Waals surface area contributed by atoms with E-state index >= 15 is 0 Å². The second-order valence-electron chi connectivity index (χ2n) is 5.43. The second kappa shape index (κ2) is 5.42. The maximum atomic E-state index is 12.4. The van der Waals surface area contributed by atoms with Crippen molar-refractivity contribution in [3.63, 3.8) is 0 Å². The molecule has 0 atom stereocenters. The molecule has 1 amide bonds. The summed E-state index contributed by atoms with van der Waals surface area (Å²) in [6.07, 6.45) is 0. The van der Waals surface area contributed by atoms with E-state index in [9.17, 15) is 9.59 Å². The van der Waals surface area contributed by atoms with Gasteiger partial charge in [-0.3, -0.25) is 9.59 Å². The molecule has 0 saturated heterocycles. The van der Waals surface area contributed by atoms with Crippen LogP contribution in [0, 0.1) is 6.92 Å². The number of aryl methyl sites for hydroxylation is 1. The van der Waals surface area contributed by atoms with Crippen molar-refractivity contribution in [3.05, 3.63) is 70.0 Å². The van der Waals surface area contributed by atoms with E-state index in [1.165, 1.54) is 6.07 Å². The summed E-state index contributed by atoms with van der Waals surface area (Å²) in [5.74, 6) is 1.02. The van der Waals surface area contributed by atoms with Crippen LogP contribution >= 0.6 is 0 Å². The fourth-order valence-corrected chi connectivity index (χ4v) is 2.54. The molecule has 0 fully saturated rings. The predicted molar refractivity (Wildman–Crippen MR) is 86.9 cm³/mol. The number of carbonyl (C=O) groups excluding carboxylic acids is 1. The minimum absolute atomic E-state index is 0.0180. The maximum Gasteiger partial charge on any atom is 0.302 e. The Morgan fingerprint density at radius 1 is 1.04 bits per heavy atom. The van der Waals surface area contributed by atoms with Crippen molar-refractivity contribution in [3.8, 4) is 0 Å². The van der Waals surface area contributed by atoms with Gasteiger partial charge in [-0.15, -0.1) is 0 Å². The van der Waals surface area contributed by atoms with Gasteiger partial charge in [-0.1, -0.05) is 12.1 Å². The number of amides is 1. The van der Waals surface area contributed by atoms with Gasteiger partial charge in [0.25, 0.3) is 5.91 Å². The molecule has 0 aliphatic heterocycles. The average molecular weight is 323 g/mol. The lowest BCUT2D eigenvalue weighted by Gasteiger charge is -1.99. The van der Waals surface area contributed by atoms with Crippen molar-refractivity contribution in [2.45, 2.75) is 13.5 Å². The smallest absolute Gasteiger partial charge is 0.302 e. The third-order valence-electron chi connectivity index (χ3n) is 3.72. The van der Waals surface area contributed by atoms with Crippen LogP contribution in [0.25, 0.3) is 22.1 Å². The lowest BCUT2D eigenvalue weighted by atomic mass is 10.2.